The van der Waals surface area contributed by atoms with Gasteiger partial charge in [-0.1, -0.05) is 6.07 Å². The molecular weight excluding hydrogens is 346 g/mol. The maximum atomic E-state index is 9.60. The van der Waals surface area contributed by atoms with Crippen LogP contribution in [0, 0.1) is 6.92 Å². The number of nitrogens with one attached hydrogen (secondary N) is 2. The van der Waals surface area contributed by atoms with E-state index in [0.717, 1.165) is 11.5 Å². The summed E-state index contributed by atoms with van der Waals surface area (Å²) in [5.41, 5.74) is 1.52. The van der Waals surface area contributed by atoms with Crippen LogP contribution in [0.15, 0.2) is 36.7 Å². The lowest BCUT2D eigenvalue weighted by Crippen LogP contribution is -2.16. The highest BCUT2D eigenvalue weighted by Gasteiger charge is 2.14. The molecule has 0 fully saturated rings. The zero-order chi connectivity index (χ0) is 19.2. The predicted octanol–water partition coefficient (Wildman–Crippen LogP) is 2.65. The molecule has 0 bridgehead atoms. The molecule has 1 atom stereocenters. The molecule has 0 radical (unpaired) electrons. The highest BCUT2D eigenvalue weighted by molar-refractivity contribution is 5.57. The fourth-order valence-electron chi connectivity index (χ4n) is 2.66. The van der Waals surface area contributed by atoms with E-state index >= 15 is 0 Å². The fourth-order valence-corrected chi connectivity index (χ4v) is 2.66. The van der Waals surface area contributed by atoms with Crippen LogP contribution in [-0.4, -0.2) is 43.6 Å². The van der Waals surface area contributed by atoms with E-state index in [9.17, 15) is 5.11 Å². The molecule has 0 aliphatic rings. The summed E-state index contributed by atoms with van der Waals surface area (Å²) >= 11 is 0. The van der Waals surface area contributed by atoms with Gasteiger partial charge in [0.05, 0.1) is 12.6 Å². The van der Waals surface area contributed by atoms with Gasteiger partial charge in [0.15, 0.2) is 5.82 Å². The first-order valence-electron chi connectivity index (χ1n) is 8.60. The number of aromatic nitrogens is 5. The van der Waals surface area contributed by atoms with Gasteiger partial charge in [0.1, 0.15) is 17.9 Å². The molecule has 0 aliphatic carbocycles. The lowest BCUT2D eigenvalue weighted by molar-refractivity contribution is 0.186. The van der Waals surface area contributed by atoms with Crippen LogP contribution < -0.4 is 10.6 Å². The first-order chi connectivity index (χ1) is 13.0. The van der Waals surface area contributed by atoms with E-state index in [1.54, 1.807) is 31.6 Å². The van der Waals surface area contributed by atoms with Crippen LogP contribution in [0.25, 0.3) is 0 Å². The number of hydrogen-bond acceptors (Lipinski definition) is 8. The Kier molecular flexibility index (Phi) is 5.82. The molecule has 9 heteroatoms. The molecule has 0 aliphatic heterocycles. The normalized spacial score (nSPS) is 12.0. The molecule has 27 heavy (non-hydrogen) atoms. The number of phenols is 1. The monoisotopic (exact) mass is 369 g/mol. The van der Waals surface area contributed by atoms with Crippen molar-refractivity contribution in [3.05, 3.63) is 48.2 Å². The molecule has 142 valence electrons. The van der Waals surface area contributed by atoms with Crippen molar-refractivity contribution in [1.29, 1.82) is 0 Å². The molecule has 3 rings (SSSR count). The van der Waals surface area contributed by atoms with Gasteiger partial charge in [-0.15, -0.1) is 10.2 Å². The molecule has 2 heterocycles. The van der Waals surface area contributed by atoms with Crippen LogP contribution in [0.1, 0.15) is 24.5 Å². The number of hydrogen-bond donors (Lipinski definition) is 3. The van der Waals surface area contributed by atoms with Gasteiger partial charge < -0.3 is 25.0 Å². The third kappa shape index (κ3) is 4.91. The Balaban J connectivity index is 1.75. The van der Waals surface area contributed by atoms with Gasteiger partial charge in [-0.05, 0) is 26.0 Å². The number of nitrogens with zero attached hydrogens (tertiary/aromatic N) is 5. The number of methoxy groups -OCH3 is 1. The molecule has 0 saturated carbocycles. The molecule has 1 aromatic carbocycles. The fraction of sp³-hybridized carbons (Fsp3) is 0.333. The summed E-state index contributed by atoms with van der Waals surface area (Å²) in [6.07, 6.45) is 1.69. The summed E-state index contributed by atoms with van der Waals surface area (Å²) < 4.78 is 7.07. The average molecular weight is 369 g/mol. The summed E-state index contributed by atoms with van der Waals surface area (Å²) in [7, 11) is 1.66. The number of aromatic hydroxyl groups is 1. The second-order valence-electron chi connectivity index (χ2n) is 6.13. The molecule has 0 spiro atoms. The minimum Gasteiger partial charge on any atom is -0.508 e. The van der Waals surface area contributed by atoms with Crippen LogP contribution in [0.2, 0.25) is 0 Å². The summed E-state index contributed by atoms with van der Waals surface area (Å²) in [5.74, 6) is 2.08. The second kappa shape index (κ2) is 8.45. The summed E-state index contributed by atoms with van der Waals surface area (Å²) in [6.45, 7) is 5.15. The summed E-state index contributed by atoms with van der Waals surface area (Å²) in [5, 5.41) is 24.2. The van der Waals surface area contributed by atoms with Crippen LogP contribution in [0.3, 0.4) is 0 Å². The maximum absolute atomic E-state index is 9.60. The van der Waals surface area contributed by atoms with Crippen molar-refractivity contribution in [2.24, 2.45) is 0 Å². The van der Waals surface area contributed by atoms with Crippen molar-refractivity contribution < 1.29 is 9.84 Å². The van der Waals surface area contributed by atoms with Gasteiger partial charge in [-0.3, -0.25) is 0 Å². The standard InChI is InChI=1S/C18H23N7O2/c1-12-9-16(21-13(2)17-24-19-11-25(17)7-8-27-3)23-18(20-12)22-14-5-4-6-15(26)10-14/h4-6,9-11,13,26H,7-8H2,1-3H3,(H2,20,21,22,23)/t13-/m1/s1. The molecule has 0 unspecified atom stereocenters. The molecular formula is C18H23N7O2. The van der Waals surface area contributed by atoms with Crippen molar-refractivity contribution in [1.82, 2.24) is 24.7 Å². The van der Waals surface area contributed by atoms with Gasteiger partial charge in [-0.2, -0.15) is 4.98 Å². The number of phenolic OH excluding ortho intramolecular Hbond substituents is 1. The minimum atomic E-state index is -0.104. The highest BCUT2D eigenvalue weighted by atomic mass is 16.5. The number of aryl methyl sites for hydroxylation is 1. The zero-order valence-electron chi connectivity index (χ0n) is 15.5. The Labute approximate surface area is 157 Å². The Hall–Kier alpha value is -3.20. The van der Waals surface area contributed by atoms with Crippen molar-refractivity contribution in [2.45, 2.75) is 26.4 Å². The van der Waals surface area contributed by atoms with Crippen LogP contribution >= 0.6 is 0 Å². The molecule has 2 aromatic heterocycles. The Morgan fingerprint density at radius 3 is 2.89 bits per heavy atom. The van der Waals surface area contributed by atoms with E-state index in [1.165, 1.54) is 0 Å². The number of anilines is 3. The van der Waals surface area contributed by atoms with Crippen molar-refractivity contribution in [2.75, 3.05) is 24.4 Å². The van der Waals surface area contributed by atoms with Crippen molar-refractivity contribution >= 4 is 17.5 Å². The van der Waals surface area contributed by atoms with Gasteiger partial charge in [-0.25, -0.2) is 4.98 Å². The van der Waals surface area contributed by atoms with E-state index in [2.05, 4.69) is 30.8 Å². The van der Waals surface area contributed by atoms with E-state index < -0.39 is 0 Å². The average Bonchev–Trinajstić information content (AvgIpc) is 3.08. The molecule has 9 nitrogen and oxygen atoms in total. The lowest BCUT2D eigenvalue weighted by atomic mass is 10.3. The van der Waals surface area contributed by atoms with Crippen LogP contribution in [-0.2, 0) is 11.3 Å². The van der Waals surface area contributed by atoms with E-state index in [0.29, 0.717) is 30.6 Å². The highest BCUT2D eigenvalue weighted by Crippen LogP contribution is 2.21. The van der Waals surface area contributed by atoms with Gasteiger partial charge in [0.2, 0.25) is 5.95 Å². The minimum absolute atomic E-state index is 0.104. The van der Waals surface area contributed by atoms with Gasteiger partial charge >= 0.3 is 0 Å². The first kappa shape index (κ1) is 18.6. The summed E-state index contributed by atoms with van der Waals surface area (Å²) in [6, 6.07) is 8.56. The molecule has 3 aromatic rings. The quantitative estimate of drug-likeness (QED) is 0.556. The van der Waals surface area contributed by atoms with Crippen molar-refractivity contribution in [3.8, 4) is 5.75 Å². The van der Waals surface area contributed by atoms with E-state index in [-0.39, 0.29) is 11.8 Å². The number of rotatable bonds is 8. The largest absolute Gasteiger partial charge is 0.508 e. The van der Waals surface area contributed by atoms with Crippen LogP contribution in [0.5, 0.6) is 5.75 Å². The van der Waals surface area contributed by atoms with Crippen molar-refractivity contribution in [3.63, 3.8) is 0 Å². The number of ether oxygens (including phenoxy) is 1. The maximum Gasteiger partial charge on any atom is 0.229 e. The van der Waals surface area contributed by atoms with Gasteiger partial charge in [0, 0.05) is 37.2 Å². The Bertz CT molecular complexity index is 897. The lowest BCUT2D eigenvalue weighted by Gasteiger charge is -2.16. The Morgan fingerprint density at radius 2 is 2.11 bits per heavy atom. The summed E-state index contributed by atoms with van der Waals surface area (Å²) in [4.78, 5) is 8.90. The van der Waals surface area contributed by atoms with E-state index in [1.807, 2.05) is 30.5 Å². The predicted molar refractivity (Wildman–Crippen MR) is 102 cm³/mol. The zero-order valence-corrected chi connectivity index (χ0v) is 15.5. The topological polar surface area (TPSA) is 110 Å². The first-order valence-corrected chi connectivity index (χ1v) is 8.60. The second-order valence-corrected chi connectivity index (χ2v) is 6.13. The molecule has 0 amide bonds. The number of benzene rings is 1. The van der Waals surface area contributed by atoms with Crippen LogP contribution in [0.4, 0.5) is 17.5 Å². The molecule has 3 N–H and O–H groups in total. The Morgan fingerprint density at radius 1 is 1.26 bits per heavy atom. The van der Waals surface area contributed by atoms with E-state index in [4.69, 9.17) is 4.74 Å². The third-order valence-electron chi connectivity index (χ3n) is 3.89. The third-order valence-corrected chi connectivity index (χ3v) is 3.89. The van der Waals surface area contributed by atoms with Gasteiger partial charge in [0.25, 0.3) is 0 Å². The SMILES string of the molecule is COCCn1cnnc1[C@@H](C)Nc1cc(C)nc(Nc2cccc(O)c2)n1. The smallest absolute Gasteiger partial charge is 0.229 e. The molecule has 0 saturated heterocycles.